The summed E-state index contributed by atoms with van der Waals surface area (Å²) in [5, 5.41) is 10.2. The lowest BCUT2D eigenvalue weighted by molar-refractivity contribution is 0.0600. The highest BCUT2D eigenvalue weighted by Gasteiger charge is 2.12. The molecule has 1 atom stereocenters. The van der Waals surface area contributed by atoms with Gasteiger partial charge in [0.1, 0.15) is 6.10 Å². The standard InChI is InChI=1S/C15H15NO3/c1-10-7-13(9-16-8-10)14(17)11-3-5-12(6-4-11)15(18)19-2/h3-9,14,17H,1-2H3. The molecule has 1 aromatic carbocycles. The summed E-state index contributed by atoms with van der Waals surface area (Å²) in [7, 11) is 1.34. The lowest BCUT2D eigenvalue weighted by atomic mass is 10.0. The summed E-state index contributed by atoms with van der Waals surface area (Å²) in [6.45, 7) is 1.92. The minimum absolute atomic E-state index is 0.390. The molecule has 1 N–H and O–H groups in total. The Balaban J connectivity index is 2.25. The van der Waals surface area contributed by atoms with Crippen molar-refractivity contribution in [3.05, 3.63) is 65.0 Å². The number of hydrogen-bond acceptors (Lipinski definition) is 4. The molecule has 0 saturated heterocycles. The van der Waals surface area contributed by atoms with Crippen LogP contribution in [0.15, 0.2) is 42.7 Å². The fourth-order valence-electron chi connectivity index (χ4n) is 1.84. The Kier molecular flexibility index (Phi) is 3.92. The highest BCUT2D eigenvalue weighted by atomic mass is 16.5. The molecule has 0 fully saturated rings. The zero-order chi connectivity index (χ0) is 13.8. The first-order valence-corrected chi connectivity index (χ1v) is 5.89. The molecule has 98 valence electrons. The molecule has 0 saturated carbocycles. The van der Waals surface area contributed by atoms with Crippen LogP contribution in [0.1, 0.15) is 33.2 Å². The number of ether oxygens (including phenoxy) is 1. The molecule has 0 aliphatic rings. The van der Waals surface area contributed by atoms with E-state index in [2.05, 4.69) is 9.72 Å². The van der Waals surface area contributed by atoms with Gasteiger partial charge in [-0.25, -0.2) is 4.79 Å². The minimum Gasteiger partial charge on any atom is -0.465 e. The van der Waals surface area contributed by atoms with Crippen LogP contribution in [0.5, 0.6) is 0 Å². The molecule has 2 rings (SSSR count). The number of esters is 1. The minimum atomic E-state index is -0.751. The van der Waals surface area contributed by atoms with Crippen LogP contribution in [-0.2, 0) is 4.74 Å². The van der Waals surface area contributed by atoms with Crippen molar-refractivity contribution in [2.45, 2.75) is 13.0 Å². The van der Waals surface area contributed by atoms with Gasteiger partial charge in [0.15, 0.2) is 0 Å². The summed E-state index contributed by atoms with van der Waals surface area (Å²) in [5.74, 6) is -0.390. The van der Waals surface area contributed by atoms with E-state index in [0.29, 0.717) is 11.1 Å². The third kappa shape index (κ3) is 2.98. The molecule has 2 aromatic rings. The monoisotopic (exact) mass is 257 g/mol. The first-order valence-electron chi connectivity index (χ1n) is 5.89. The largest absolute Gasteiger partial charge is 0.465 e. The lowest BCUT2D eigenvalue weighted by Crippen LogP contribution is -2.04. The number of pyridine rings is 1. The van der Waals surface area contributed by atoms with Gasteiger partial charge in [0.2, 0.25) is 0 Å². The molecule has 0 amide bonds. The van der Waals surface area contributed by atoms with Crippen molar-refractivity contribution in [2.75, 3.05) is 7.11 Å². The van der Waals surface area contributed by atoms with Crippen LogP contribution in [0.2, 0.25) is 0 Å². The van der Waals surface area contributed by atoms with E-state index in [1.807, 2.05) is 13.0 Å². The average Bonchev–Trinajstić information content (AvgIpc) is 2.46. The van der Waals surface area contributed by atoms with Crippen molar-refractivity contribution in [3.8, 4) is 0 Å². The second kappa shape index (κ2) is 5.63. The molecule has 0 aliphatic heterocycles. The zero-order valence-electron chi connectivity index (χ0n) is 10.8. The number of rotatable bonds is 3. The lowest BCUT2D eigenvalue weighted by Gasteiger charge is -2.12. The third-order valence-electron chi connectivity index (χ3n) is 2.86. The van der Waals surface area contributed by atoms with Gasteiger partial charge in [-0.3, -0.25) is 4.98 Å². The maximum Gasteiger partial charge on any atom is 0.337 e. The van der Waals surface area contributed by atoms with E-state index in [-0.39, 0.29) is 0 Å². The SMILES string of the molecule is COC(=O)c1ccc(C(O)c2cncc(C)c2)cc1. The second-order valence-corrected chi connectivity index (χ2v) is 4.31. The number of carbonyl (C=O) groups is 1. The van der Waals surface area contributed by atoms with E-state index < -0.39 is 12.1 Å². The maximum absolute atomic E-state index is 11.3. The molecule has 4 nitrogen and oxygen atoms in total. The van der Waals surface area contributed by atoms with Gasteiger partial charge in [-0.15, -0.1) is 0 Å². The van der Waals surface area contributed by atoms with E-state index >= 15 is 0 Å². The first-order chi connectivity index (χ1) is 9.11. The Labute approximate surface area is 111 Å². The van der Waals surface area contributed by atoms with Crippen LogP contribution in [0.3, 0.4) is 0 Å². The molecule has 0 bridgehead atoms. The molecule has 0 radical (unpaired) electrons. The van der Waals surface area contributed by atoms with Gasteiger partial charge >= 0.3 is 5.97 Å². The van der Waals surface area contributed by atoms with Gasteiger partial charge < -0.3 is 9.84 Å². The van der Waals surface area contributed by atoms with Crippen LogP contribution in [-0.4, -0.2) is 23.2 Å². The predicted octanol–water partition coefficient (Wildman–Crippen LogP) is 2.26. The topological polar surface area (TPSA) is 59.4 Å². The van der Waals surface area contributed by atoms with Crippen molar-refractivity contribution in [1.29, 1.82) is 0 Å². The number of nitrogens with zero attached hydrogens (tertiary/aromatic N) is 1. The number of aryl methyl sites for hydroxylation is 1. The number of methoxy groups -OCH3 is 1. The molecule has 19 heavy (non-hydrogen) atoms. The van der Waals surface area contributed by atoms with Crippen molar-refractivity contribution in [2.24, 2.45) is 0 Å². The van der Waals surface area contributed by atoms with Gasteiger partial charge in [0.05, 0.1) is 12.7 Å². The van der Waals surface area contributed by atoms with E-state index in [1.165, 1.54) is 7.11 Å². The number of hydrogen-bond donors (Lipinski definition) is 1. The van der Waals surface area contributed by atoms with Crippen LogP contribution in [0.25, 0.3) is 0 Å². The Morgan fingerprint density at radius 1 is 1.21 bits per heavy atom. The second-order valence-electron chi connectivity index (χ2n) is 4.31. The Morgan fingerprint density at radius 3 is 2.47 bits per heavy atom. The summed E-state index contributed by atoms with van der Waals surface area (Å²) < 4.78 is 4.63. The molecule has 0 aliphatic carbocycles. The molecule has 1 unspecified atom stereocenters. The van der Waals surface area contributed by atoms with Crippen LogP contribution >= 0.6 is 0 Å². The smallest absolute Gasteiger partial charge is 0.337 e. The summed E-state index contributed by atoms with van der Waals surface area (Å²) in [6.07, 6.45) is 2.61. The van der Waals surface area contributed by atoms with Crippen molar-refractivity contribution >= 4 is 5.97 Å². The van der Waals surface area contributed by atoms with E-state index in [0.717, 1.165) is 11.1 Å². The summed E-state index contributed by atoms with van der Waals surface area (Å²) in [6, 6.07) is 8.56. The molecule has 4 heteroatoms. The predicted molar refractivity (Wildman–Crippen MR) is 70.8 cm³/mol. The first kappa shape index (κ1) is 13.2. The third-order valence-corrected chi connectivity index (χ3v) is 2.86. The van der Waals surface area contributed by atoms with Crippen molar-refractivity contribution in [1.82, 2.24) is 4.98 Å². The van der Waals surface area contributed by atoms with E-state index in [4.69, 9.17) is 0 Å². The number of aliphatic hydroxyl groups excluding tert-OH is 1. The Hall–Kier alpha value is -2.20. The van der Waals surface area contributed by atoms with Crippen molar-refractivity contribution < 1.29 is 14.6 Å². The Morgan fingerprint density at radius 2 is 1.89 bits per heavy atom. The number of benzene rings is 1. The number of aromatic nitrogens is 1. The average molecular weight is 257 g/mol. The normalized spacial score (nSPS) is 11.9. The fraction of sp³-hybridized carbons (Fsp3) is 0.200. The zero-order valence-corrected chi connectivity index (χ0v) is 10.8. The molecular weight excluding hydrogens is 242 g/mol. The molecular formula is C15H15NO3. The van der Waals surface area contributed by atoms with Crippen LogP contribution < -0.4 is 0 Å². The summed E-state index contributed by atoms with van der Waals surface area (Å²) in [5.41, 5.74) is 2.88. The maximum atomic E-state index is 11.3. The van der Waals surface area contributed by atoms with Crippen LogP contribution in [0.4, 0.5) is 0 Å². The summed E-state index contributed by atoms with van der Waals surface area (Å²) in [4.78, 5) is 15.4. The Bertz CT molecular complexity index is 578. The highest BCUT2D eigenvalue weighted by Crippen LogP contribution is 2.22. The van der Waals surface area contributed by atoms with Gasteiger partial charge in [0.25, 0.3) is 0 Å². The molecule has 0 spiro atoms. The molecule has 1 heterocycles. The van der Waals surface area contributed by atoms with E-state index in [1.54, 1.807) is 36.7 Å². The highest BCUT2D eigenvalue weighted by molar-refractivity contribution is 5.89. The fourth-order valence-corrected chi connectivity index (χ4v) is 1.84. The van der Waals surface area contributed by atoms with Gasteiger partial charge in [-0.1, -0.05) is 18.2 Å². The van der Waals surface area contributed by atoms with E-state index in [9.17, 15) is 9.90 Å². The van der Waals surface area contributed by atoms with Gasteiger partial charge in [-0.05, 0) is 30.2 Å². The number of carbonyl (C=O) groups excluding carboxylic acids is 1. The molecule has 1 aromatic heterocycles. The van der Waals surface area contributed by atoms with Gasteiger partial charge in [-0.2, -0.15) is 0 Å². The summed E-state index contributed by atoms with van der Waals surface area (Å²) >= 11 is 0. The van der Waals surface area contributed by atoms with Crippen molar-refractivity contribution in [3.63, 3.8) is 0 Å². The quantitative estimate of drug-likeness (QED) is 0.857. The van der Waals surface area contributed by atoms with Crippen LogP contribution in [0, 0.1) is 6.92 Å². The number of aliphatic hydroxyl groups is 1. The van der Waals surface area contributed by atoms with Gasteiger partial charge in [0, 0.05) is 18.0 Å².